The second-order valence-electron chi connectivity index (χ2n) is 5.72. The summed E-state index contributed by atoms with van der Waals surface area (Å²) < 4.78 is 13.1. The number of halogens is 2. The number of nitrogens with zero attached hydrogens (tertiary/aromatic N) is 3. The van der Waals surface area contributed by atoms with E-state index in [-0.39, 0.29) is 12.3 Å². The van der Waals surface area contributed by atoms with Crippen molar-refractivity contribution in [2.75, 3.05) is 7.11 Å². The highest BCUT2D eigenvalue weighted by Gasteiger charge is 2.25. The molecule has 0 fully saturated rings. The maximum atomic E-state index is 12.5. The normalized spacial score (nSPS) is 11.1. The molecule has 2 heterocycles. The number of fused-ring (bicyclic) bond motifs is 3. The molecule has 0 aliphatic rings. The maximum absolute atomic E-state index is 12.5. The fourth-order valence-corrected chi connectivity index (χ4v) is 3.59. The Morgan fingerprint density at radius 1 is 1.22 bits per heavy atom. The number of hydrogen-bond donors (Lipinski definition) is 0. The van der Waals surface area contributed by atoms with E-state index in [9.17, 15) is 4.79 Å². The third-order valence-corrected chi connectivity index (χ3v) is 5.51. The highest BCUT2D eigenvalue weighted by atomic mass is 79.9. The lowest BCUT2D eigenvalue weighted by Crippen LogP contribution is -2.13. The van der Waals surface area contributed by atoms with Gasteiger partial charge in [-0.05, 0) is 33.6 Å². The predicted molar refractivity (Wildman–Crippen MR) is 105 cm³/mol. The molecule has 136 valence electrons. The van der Waals surface area contributed by atoms with Crippen molar-refractivity contribution in [2.24, 2.45) is 0 Å². The van der Waals surface area contributed by atoms with Gasteiger partial charge in [-0.1, -0.05) is 41.9 Å². The van der Waals surface area contributed by atoms with E-state index in [1.54, 1.807) is 12.1 Å². The van der Waals surface area contributed by atoms with Crippen molar-refractivity contribution in [1.82, 2.24) is 14.6 Å². The number of methoxy groups -OCH3 is 1. The lowest BCUT2D eigenvalue weighted by Gasteiger charge is -2.16. The first-order chi connectivity index (χ1) is 13.1. The second kappa shape index (κ2) is 7.17. The van der Waals surface area contributed by atoms with E-state index in [1.807, 2.05) is 30.3 Å². The lowest BCUT2D eigenvalue weighted by atomic mass is 10.1. The number of rotatable bonds is 4. The molecule has 2 aromatic heterocycles. The van der Waals surface area contributed by atoms with Crippen molar-refractivity contribution in [1.29, 1.82) is 0 Å². The molecule has 8 heteroatoms. The molecular weight excluding hydrogens is 434 g/mol. The fraction of sp³-hybridized carbons (Fsp3) is 0.105. The van der Waals surface area contributed by atoms with E-state index >= 15 is 0 Å². The van der Waals surface area contributed by atoms with Gasteiger partial charge in [0.1, 0.15) is 12.9 Å². The summed E-state index contributed by atoms with van der Waals surface area (Å²) in [5.74, 6) is -0.211. The summed E-state index contributed by atoms with van der Waals surface area (Å²) in [6, 6.07) is 13.2. The Morgan fingerprint density at radius 3 is 2.74 bits per heavy atom. The summed E-state index contributed by atoms with van der Waals surface area (Å²) in [6.45, 7) is 0.278. The van der Waals surface area contributed by atoms with Crippen LogP contribution in [-0.4, -0.2) is 27.7 Å². The Morgan fingerprint density at radius 2 is 2.00 bits per heavy atom. The number of carbonyl (C=O) groups excluding carboxylic acids is 1. The largest absolute Gasteiger partial charge is 0.486 e. The molecule has 0 aliphatic carbocycles. The first kappa shape index (κ1) is 17.8. The van der Waals surface area contributed by atoms with Gasteiger partial charge in [0.05, 0.1) is 12.1 Å². The van der Waals surface area contributed by atoms with Crippen LogP contribution in [-0.2, 0) is 11.3 Å². The van der Waals surface area contributed by atoms with E-state index in [2.05, 4.69) is 26.0 Å². The van der Waals surface area contributed by atoms with Crippen LogP contribution in [0.1, 0.15) is 16.1 Å². The number of aromatic nitrogens is 3. The zero-order valence-electron chi connectivity index (χ0n) is 14.1. The van der Waals surface area contributed by atoms with Crippen LogP contribution in [0.3, 0.4) is 0 Å². The number of benzene rings is 2. The Bertz CT molecular complexity index is 1160. The van der Waals surface area contributed by atoms with Crippen LogP contribution >= 0.6 is 27.5 Å². The lowest BCUT2D eigenvalue weighted by molar-refractivity contribution is 0.0585. The molecule has 6 nitrogen and oxygen atoms in total. The van der Waals surface area contributed by atoms with E-state index in [0.717, 1.165) is 5.56 Å². The van der Waals surface area contributed by atoms with E-state index in [1.165, 1.54) is 18.0 Å². The summed E-state index contributed by atoms with van der Waals surface area (Å²) in [5, 5.41) is 6.09. The molecular formula is C19H13BrClN3O3. The topological polar surface area (TPSA) is 65.7 Å². The van der Waals surface area contributed by atoms with Gasteiger partial charge in [-0.3, -0.25) is 0 Å². The Labute approximate surface area is 167 Å². The van der Waals surface area contributed by atoms with E-state index in [4.69, 9.17) is 21.1 Å². The average molecular weight is 447 g/mol. The molecule has 4 rings (SSSR count). The monoisotopic (exact) mass is 445 g/mol. The van der Waals surface area contributed by atoms with Gasteiger partial charge in [0.2, 0.25) is 0 Å². The highest BCUT2D eigenvalue weighted by molar-refractivity contribution is 9.10. The highest BCUT2D eigenvalue weighted by Crippen LogP contribution is 2.40. The first-order valence-electron chi connectivity index (χ1n) is 8.00. The van der Waals surface area contributed by atoms with Crippen molar-refractivity contribution in [3.05, 3.63) is 69.5 Å². The standard InChI is InChI=1S/C19H13BrClN3O3/c1-26-19(25)16-17(27-9-11-5-3-2-4-6-11)12-7-8-13(21)15(20)14(12)18-22-10-23-24(16)18/h2-8,10H,9H2,1H3. The van der Waals surface area contributed by atoms with Crippen LogP contribution in [0, 0.1) is 0 Å². The van der Waals surface area contributed by atoms with Gasteiger partial charge in [0.25, 0.3) is 0 Å². The minimum atomic E-state index is -0.568. The smallest absolute Gasteiger partial charge is 0.360 e. The third-order valence-electron chi connectivity index (χ3n) is 4.14. The number of carbonyl (C=O) groups is 1. The summed E-state index contributed by atoms with van der Waals surface area (Å²) >= 11 is 9.78. The molecule has 0 bridgehead atoms. The van der Waals surface area contributed by atoms with Gasteiger partial charge in [0.15, 0.2) is 17.1 Å². The van der Waals surface area contributed by atoms with E-state index < -0.39 is 5.97 Å². The molecule has 0 saturated carbocycles. The average Bonchev–Trinajstić information content (AvgIpc) is 3.17. The zero-order valence-corrected chi connectivity index (χ0v) is 16.5. The fourth-order valence-electron chi connectivity index (χ4n) is 2.91. The molecule has 27 heavy (non-hydrogen) atoms. The number of hydrogen-bond acceptors (Lipinski definition) is 5. The third kappa shape index (κ3) is 3.02. The van der Waals surface area contributed by atoms with Gasteiger partial charge in [-0.15, -0.1) is 0 Å². The van der Waals surface area contributed by atoms with Gasteiger partial charge in [-0.25, -0.2) is 14.3 Å². The second-order valence-corrected chi connectivity index (χ2v) is 6.92. The zero-order chi connectivity index (χ0) is 19.0. The summed E-state index contributed by atoms with van der Waals surface area (Å²) in [4.78, 5) is 16.8. The summed E-state index contributed by atoms with van der Waals surface area (Å²) in [7, 11) is 1.31. The number of esters is 1. The van der Waals surface area contributed by atoms with Crippen molar-refractivity contribution in [2.45, 2.75) is 6.61 Å². The summed E-state index contributed by atoms with van der Waals surface area (Å²) in [5.41, 5.74) is 1.61. The minimum absolute atomic E-state index is 0.169. The SMILES string of the molecule is COC(=O)c1c(OCc2ccccc2)c2ccc(Cl)c(Br)c2c2ncnn12. The van der Waals surface area contributed by atoms with Crippen molar-refractivity contribution >= 4 is 49.9 Å². The Hall–Kier alpha value is -2.64. The molecule has 0 N–H and O–H groups in total. The molecule has 4 aromatic rings. The summed E-state index contributed by atoms with van der Waals surface area (Å²) in [6.07, 6.45) is 1.37. The number of ether oxygens (including phenoxy) is 2. The predicted octanol–water partition coefficient (Wildman–Crippen LogP) is 4.66. The van der Waals surface area contributed by atoms with Gasteiger partial charge >= 0.3 is 5.97 Å². The Kier molecular flexibility index (Phi) is 4.72. The van der Waals surface area contributed by atoms with Gasteiger partial charge in [0, 0.05) is 15.2 Å². The van der Waals surface area contributed by atoms with Crippen LogP contribution in [0.2, 0.25) is 5.02 Å². The van der Waals surface area contributed by atoms with Gasteiger partial charge < -0.3 is 9.47 Å². The van der Waals surface area contributed by atoms with Gasteiger partial charge in [-0.2, -0.15) is 5.10 Å². The molecule has 0 spiro atoms. The molecule has 0 saturated heterocycles. The van der Waals surface area contributed by atoms with Crippen molar-refractivity contribution in [3.8, 4) is 5.75 Å². The maximum Gasteiger partial charge on any atom is 0.360 e. The minimum Gasteiger partial charge on any atom is -0.486 e. The molecule has 0 aliphatic heterocycles. The van der Waals surface area contributed by atoms with Crippen LogP contribution in [0.5, 0.6) is 5.75 Å². The Balaban J connectivity index is 2.00. The molecule has 0 amide bonds. The van der Waals surface area contributed by atoms with Crippen molar-refractivity contribution in [3.63, 3.8) is 0 Å². The number of pyridine rings is 1. The molecule has 0 atom stereocenters. The first-order valence-corrected chi connectivity index (χ1v) is 9.17. The molecule has 2 aromatic carbocycles. The van der Waals surface area contributed by atoms with Crippen LogP contribution in [0.4, 0.5) is 0 Å². The molecule has 0 radical (unpaired) electrons. The van der Waals surface area contributed by atoms with Crippen LogP contribution in [0.25, 0.3) is 16.4 Å². The van der Waals surface area contributed by atoms with Crippen LogP contribution in [0.15, 0.2) is 53.3 Å². The van der Waals surface area contributed by atoms with E-state index in [0.29, 0.717) is 31.7 Å². The quantitative estimate of drug-likeness (QED) is 0.426. The van der Waals surface area contributed by atoms with Crippen molar-refractivity contribution < 1.29 is 14.3 Å². The molecule has 0 unspecified atom stereocenters. The van der Waals surface area contributed by atoms with Crippen LogP contribution < -0.4 is 4.74 Å².